The van der Waals surface area contributed by atoms with Gasteiger partial charge < -0.3 is 10.5 Å². The van der Waals surface area contributed by atoms with Crippen molar-refractivity contribution in [2.75, 3.05) is 13.2 Å². The van der Waals surface area contributed by atoms with Crippen LogP contribution in [-0.2, 0) is 11.3 Å². The van der Waals surface area contributed by atoms with Gasteiger partial charge in [0.15, 0.2) is 0 Å². The van der Waals surface area contributed by atoms with Crippen molar-refractivity contribution in [3.05, 3.63) is 16.1 Å². The van der Waals surface area contributed by atoms with Crippen LogP contribution in [0.25, 0.3) is 0 Å². The molecule has 0 aliphatic carbocycles. The molecule has 0 bridgehead atoms. The summed E-state index contributed by atoms with van der Waals surface area (Å²) in [6.07, 6.45) is 2.05. The Morgan fingerprint density at radius 1 is 1.68 bits per heavy atom. The van der Waals surface area contributed by atoms with E-state index in [1.54, 1.807) is 6.92 Å². The predicted octanol–water partition coefficient (Wildman–Crippen LogP) is 1.63. The van der Waals surface area contributed by atoms with Gasteiger partial charge in [-0.3, -0.25) is 4.90 Å². The van der Waals surface area contributed by atoms with Gasteiger partial charge in [0, 0.05) is 30.6 Å². The molecule has 19 heavy (non-hydrogen) atoms. The molecule has 0 spiro atoms. The summed E-state index contributed by atoms with van der Waals surface area (Å²) in [4.78, 5) is 18.3. The largest absolute Gasteiger partial charge is 0.461 e. The fourth-order valence-corrected chi connectivity index (χ4v) is 3.07. The Morgan fingerprint density at radius 2 is 2.47 bits per heavy atom. The normalized spacial score (nSPS) is 24.4. The Balaban J connectivity index is 1.94. The van der Waals surface area contributed by atoms with E-state index in [0.29, 0.717) is 23.7 Å². The molecule has 0 aromatic carbocycles. The minimum atomic E-state index is -0.326. The Hall–Kier alpha value is -0.980. The molecular weight excluding hydrogens is 262 g/mol. The fourth-order valence-electron chi connectivity index (χ4n) is 2.37. The first-order chi connectivity index (χ1) is 9.10. The summed E-state index contributed by atoms with van der Waals surface area (Å²) in [5.41, 5.74) is 6.90. The minimum absolute atomic E-state index is 0.316. The first kappa shape index (κ1) is 14.4. The van der Waals surface area contributed by atoms with E-state index in [1.165, 1.54) is 11.3 Å². The van der Waals surface area contributed by atoms with E-state index < -0.39 is 0 Å². The molecule has 1 aromatic heterocycles. The highest BCUT2D eigenvalue weighted by Gasteiger charge is 2.24. The van der Waals surface area contributed by atoms with Crippen LogP contribution in [0.5, 0.6) is 0 Å². The number of carbonyl (C=O) groups excluding carboxylic acids is 1. The molecule has 1 aromatic rings. The maximum atomic E-state index is 11.6. The highest BCUT2D eigenvalue weighted by Crippen LogP contribution is 2.20. The van der Waals surface area contributed by atoms with Crippen molar-refractivity contribution in [3.8, 4) is 0 Å². The maximum absolute atomic E-state index is 11.6. The van der Waals surface area contributed by atoms with Crippen LogP contribution in [0.2, 0.25) is 0 Å². The van der Waals surface area contributed by atoms with Crippen molar-refractivity contribution in [3.63, 3.8) is 0 Å². The van der Waals surface area contributed by atoms with E-state index in [9.17, 15) is 4.79 Å². The van der Waals surface area contributed by atoms with Crippen LogP contribution < -0.4 is 5.73 Å². The van der Waals surface area contributed by atoms with Gasteiger partial charge in [0.05, 0.1) is 12.3 Å². The molecule has 2 heterocycles. The average molecular weight is 283 g/mol. The maximum Gasteiger partial charge on any atom is 0.367 e. The standard InChI is InChI=1S/C13H21N3O2S/c1-3-18-13(17)12-15-11(8-19-12)7-16-5-4-10(14)6-9(16)2/h8-10H,3-7,14H2,1-2H3. The number of carbonyl (C=O) groups is 1. The highest BCUT2D eigenvalue weighted by atomic mass is 32.1. The molecule has 2 N–H and O–H groups in total. The zero-order valence-corrected chi connectivity index (χ0v) is 12.3. The molecule has 2 rings (SSSR count). The van der Waals surface area contributed by atoms with E-state index in [-0.39, 0.29) is 5.97 Å². The molecule has 0 saturated carbocycles. The number of nitrogens with zero attached hydrogens (tertiary/aromatic N) is 2. The number of nitrogens with two attached hydrogens (primary N) is 1. The SMILES string of the molecule is CCOC(=O)c1nc(CN2CCC(N)CC2C)cs1. The van der Waals surface area contributed by atoms with Gasteiger partial charge in [0.2, 0.25) is 5.01 Å². The molecule has 1 aliphatic heterocycles. The molecule has 2 atom stereocenters. The summed E-state index contributed by atoms with van der Waals surface area (Å²) in [5, 5.41) is 2.38. The van der Waals surface area contributed by atoms with Crippen LogP contribution in [0.3, 0.4) is 0 Å². The average Bonchev–Trinajstić information content (AvgIpc) is 2.82. The van der Waals surface area contributed by atoms with Crippen LogP contribution >= 0.6 is 11.3 Å². The third kappa shape index (κ3) is 3.75. The highest BCUT2D eigenvalue weighted by molar-refractivity contribution is 7.11. The number of ether oxygens (including phenoxy) is 1. The van der Waals surface area contributed by atoms with Crippen LogP contribution in [0.4, 0.5) is 0 Å². The number of aromatic nitrogens is 1. The van der Waals surface area contributed by atoms with E-state index in [1.807, 2.05) is 5.38 Å². The minimum Gasteiger partial charge on any atom is -0.461 e. The number of piperidine rings is 1. The molecule has 6 heteroatoms. The van der Waals surface area contributed by atoms with Crippen molar-refractivity contribution in [2.45, 2.75) is 45.3 Å². The van der Waals surface area contributed by atoms with Gasteiger partial charge in [-0.25, -0.2) is 9.78 Å². The number of rotatable bonds is 4. The molecule has 1 aliphatic rings. The summed E-state index contributed by atoms with van der Waals surface area (Å²) in [6.45, 7) is 6.15. The molecule has 0 radical (unpaired) electrons. The second kappa shape index (κ2) is 6.45. The van der Waals surface area contributed by atoms with Gasteiger partial charge in [-0.15, -0.1) is 11.3 Å². The van der Waals surface area contributed by atoms with Gasteiger partial charge in [-0.2, -0.15) is 0 Å². The fraction of sp³-hybridized carbons (Fsp3) is 0.692. The second-order valence-corrected chi connectivity index (χ2v) is 5.83. The van der Waals surface area contributed by atoms with Gasteiger partial charge >= 0.3 is 5.97 Å². The lowest BCUT2D eigenvalue weighted by Gasteiger charge is -2.35. The molecule has 1 fully saturated rings. The van der Waals surface area contributed by atoms with E-state index in [4.69, 9.17) is 10.5 Å². The van der Waals surface area contributed by atoms with Crippen molar-refractivity contribution >= 4 is 17.3 Å². The number of thiazole rings is 1. The third-order valence-electron chi connectivity index (χ3n) is 3.42. The third-order valence-corrected chi connectivity index (χ3v) is 4.29. The van der Waals surface area contributed by atoms with Gasteiger partial charge in [-0.1, -0.05) is 0 Å². The smallest absolute Gasteiger partial charge is 0.367 e. The van der Waals surface area contributed by atoms with Crippen LogP contribution in [-0.4, -0.2) is 41.1 Å². The van der Waals surface area contributed by atoms with E-state index in [0.717, 1.165) is 31.6 Å². The molecule has 5 nitrogen and oxygen atoms in total. The Morgan fingerprint density at radius 3 is 3.16 bits per heavy atom. The van der Waals surface area contributed by atoms with E-state index in [2.05, 4.69) is 16.8 Å². The summed E-state index contributed by atoms with van der Waals surface area (Å²) < 4.78 is 4.95. The first-order valence-corrected chi connectivity index (χ1v) is 7.59. The quantitative estimate of drug-likeness (QED) is 0.851. The summed E-state index contributed by atoms with van der Waals surface area (Å²) >= 11 is 1.35. The zero-order valence-electron chi connectivity index (χ0n) is 11.5. The molecule has 0 amide bonds. The summed E-state index contributed by atoms with van der Waals surface area (Å²) in [5.74, 6) is -0.326. The summed E-state index contributed by atoms with van der Waals surface area (Å²) in [6, 6.07) is 0.785. The van der Waals surface area contributed by atoms with Crippen LogP contribution in [0, 0.1) is 0 Å². The Kier molecular flexibility index (Phi) is 4.90. The van der Waals surface area contributed by atoms with Gasteiger partial charge in [-0.05, 0) is 26.7 Å². The lowest BCUT2D eigenvalue weighted by atomic mass is 9.99. The number of hydrogen-bond acceptors (Lipinski definition) is 6. The number of hydrogen-bond donors (Lipinski definition) is 1. The molecule has 2 unspecified atom stereocenters. The van der Waals surface area contributed by atoms with Crippen LogP contribution in [0.15, 0.2) is 5.38 Å². The number of esters is 1. The lowest BCUT2D eigenvalue weighted by Crippen LogP contribution is -2.45. The molecule has 1 saturated heterocycles. The van der Waals surface area contributed by atoms with Crippen molar-refractivity contribution in [1.29, 1.82) is 0 Å². The topological polar surface area (TPSA) is 68.5 Å². The van der Waals surface area contributed by atoms with Crippen molar-refractivity contribution < 1.29 is 9.53 Å². The monoisotopic (exact) mass is 283 g/mol. The summed E-state index contributed by atoms with van der Waals surface area (Å²) in [7, 11) is 0. The lowest BCUT2D eigenvalue weighted by molar-refractivity contribution is 0.0525. The molecular formula is C13H21N3O2S. The predicted molar refractivity (Wildman–Crippen MR) is 75.2 cm³/mol. The Labute approximate surface area is 117 Å². The van der Waals surface area contributed by atoms with Crippen LogP contribution in [0.1, 0.15) is 42.2 Å². The second-order valence-electron chi connectivity index (χ2n) is 4.97. The Bertz CT molecular complexity index is 435. The first-order valence-electron chi connectivity index (χ1n) is 6.71. The van der Waals surface area contributed by atoms with Gasteiger partial charge in [0.1, 0.15) is 0 Å². The molecule has 106 valence electrons. The zero-order chi connectivity index (χ0) is 13.8. The van der Waals surface area contributed by atoms with Crippen molar-refractivity contribution in [2.24, 2.45) is 5.73 Å². The number of likely N-dealkylation sites (tertiary alicyclic amines) is 1. The van der Waals surface area contributed by atoms with Crippen molar-refractivity contribution in [1.82, 2.24) is 9.88 Å². The van der Waals surface area contributed by atoms with Gasteiger partial charge in [0.25, 0.3) is 0 Å². The van der Waals surface area contributed by atoms with E-state index >= 15 is 0 Å².